The van der Waals surface area contributed by atoms with Crippen LogP contribution in [-0.2, 0) is 12.5 Å². The lowest BCUT2D eigenvalue weighted by Gasteiger charge is -2.19. The minimum absolute atomic E-state index is 0.0697. The second-order valence-electron chi connectivity index (χ2n) is 10.4. The number of hydrogen-bond donors (Lipinski definition) is 0. The summed E-state index contributed by atoms with van der Waals surface area (Å²) >= 11 is 0. The van der Waals surface area contributed by atoms with E-state index in [4.69, 9.17) is 4.74 Å². The number of rotatable bonds is 10. The molecule has 0 heterocycles. The van der Waals surface area contributed by atoms with Crippen molar-refractivity contribution >= 4 is 0 Å². The van der Waals surface area contributed by atoms with Crippen LogP contribution in [0, 0.1) is 29.1 Å². The van der Waals surface area contributed by atoms with E-state index in [2.05, 4.69) is 6.92 Å². The van der Waals surface area contributed by atoms with E-state index in [9.17, 15) is 22.0 Å². The zero-order valence-electron chi connectivity index (χ0n) is 23.6. The molecule has 1 nitrogen and oxygen atoms in total. The van der Waals surface area contributed by atoms with Crippen LogP contribution in [0.5, 0.6) is 5.75 Å². The number of alkyl halides is 2. The highest BCUT2D eigenvalue weighted by molar-refractivity contribution is 5.72. The summed E-state index contributed by atoms with van der Waals surface area (Å²) < 4.78 is 106. The van der Waals surface area contributed by atoms with Gasteiger partial charge < -0.3 is 4.74 Å². The van der Waals surface area contributed by atoms with Crippen molar-refractivity contribution in [2.45, 2.75) is 38.7 Å². The Morgan fingerprint density at radius 1 is 0.523 bits per heavy atom. The van der Waals surface area contributed by atoms with Crippen LogP contribution in [0.4, 0.5) is 30.7 Å². The first-order chi connectivity index (χ1) is 21.1. The molecule has 0 unspecified atom stereocenters. The fourth-order valence-corrected chi connectivity index (χ4v) is 4.96. The Balaban J connectivity index is 1.30. The van der Waals surface area contributed by atoms with Crippen molar-refractivity contribution in [2.24, 2.45) is 0 Å². The summed E-state index contributed by atoms with van der Waals surface area (Å²) in [5, 5.41) is 0. The van der Waals surface area contributed by atoms with Crippen molar-refractivity contribution < 1.29 is 35.5 Å². The summed E-state index contributed by atoms with van der Waals surface area (Å²) in [5.74, 6) is -5.91. The van der Waals surface area contributed by atoms with Crippen molar-refractivity contribution in [3.05, 3.63) is 137 Å². The van der Waals surface area contributed by atoms with Gasteiger partial charge in [-0.05, 0) is 94.8 Å². The zero-order chi connectivity index (χ0) is 31.4. The van der Waals surface area contributed by atoms with E-state index < -0.39 is 46.3 Å². The average Bonchev–Trinajstić information content (AvgIpc) is 2.99. The SMILES string of the molecule is CCCCCc1ccc(-c2ccc(C(F)(F)Oc3ccc(-c4cc(F)c(-c5ccc(F)c(F)c5)c(F)c4)cc3)c(F)c2)cc1. The van der Waals surface area contributed by atoms with E-state index in [1.807, 2.05) is 24.3 Å². The molecular weight excluding hydrogens is 581 g/mol. The molecule has 226 valence electrons. The number of halogens is 7. The number of benzene rings is 5. The number of aryl methyl sites for hydroxylation is 1. The number of unbranched alkanes of at least 4 members (excludes halogenated alkanes) is 2. The highest BCUT2D eigenvalue weighted by atomic mass is 19.3. The van der Waals surface area contributed by atoms with Crippen LogP contribution in [0.1, 0.15) is 37.3 Å². The molecule has 44 heavy (non-hydrogen) atoms. The van der Waals surface area contributed by atoms with E-state index >= 15 is 8.78 Å². The minimum Gasteiger partial charge on any atom is -0.429 e. The summed E-state index contributed by atoms with van der Waals surface area (Å²) in [7, 11) is 0. The lowest BCUT2D eigenvalue weighted by atomic mass is 9.98. The Morgan fingerprint density at radius 2 is 1.07 bits per heavy atom. The second-order valence-corrected chi connectivity index (χ2v) is 10.4. The maximum atomic E-state index is 15.0. The molecular formula is C36H27F7O. The molecule has 0 bridgehead atoms. The topological polar surface area (TPSA) is 9.23 Å². The first kappa shape index (κ1) is 30.9. The van der Waals surface area contributed by atoms with Gasteiger partial charge in [-0.3, -0.25) is 0 Å². The van der Waals surface area contributed by atoms with Crippen LogP contribution >= 0.6 is 0 Å². The molecule has 0 aliphatic rings. The normalized spacial score (nSPS) is 11.5. The van der Waals surface area contributed by atoms with Gasteiger partial charge in [0, 0.05) is 0 Å². The molecule has 5 aromatic rings. The van der Waals surface area contributed by atoms with Crippen LogP contribution < -0.4 is 4.74 Å². The van der Waals surface area contributed by atoms with Gasteiger partial charge in [-0.2, -0.15) is 8.78 Å². The molecule has 0 fully saturated rings. The van der Waals surface area contributed by atoms with Crippen molar-refractivity contribution in [3.63, 3.8) is 0 Å². The van der Waals surface area contributed by atoms with Crippen LogP contribution in [0.2, 0.25) is 0 Å². The van der Waals surface area contributed by atoms with Gasteiger partial charge in [-0.15, -0.1) is 0 Å². The Labute approximate surface area is 250 Å². The van der Waals surface area contributed by atoms with Gasteiger partial charge >= 0.3 is 6.11 Å². The average molecular weight is 609 g/mol. The van der Waals surface area contributed by atoms with Crippen LogP contribution in [-0.4, -0.2) is 0 Å². The van der Waals surface area contributed by atoms with Crippen molar-refractivity contribution in [3.8, 4) is 39.1 Å². The summed E-state index contributed by atoms with van der Waals surface area (Å²) in [6, 6.07) is 20.4. The van der Waals surface area contributed by atoms with Gasteiger partial charge in [0.1, 0.15) is 23.2 Å². The molecule has 5 rings (SSSR count). The number of ether oxygens (including phenoxy) is 1. The van der Waals surface area contributed by atoms with Crippen molar-refractivity contribution in [2.75, 3.05) is 0 Å². The van der Waals surface area contributed by atoms with E-state index in [0.29, 0.717) is 17.2 Å². The Bertz CT molecular complexity index is 1740. The van der Waals surface area contributed by atoms with Gasteiger partial charge in [-0.1, -0.05) is 68.3 Å². The van der Waals surface area contributed by atoms with Gasteiger partial charge in [0.15, 0.2) is 11.6 Å². The molecule has 0 aliphatic heterocycles. The van der Waals surface area contributed by atoms with Crippen LogP contribution in [0.3, 0.4) is 0 Å². The maximum Gasteiger partial charge on any atom is 0.429 e. The molecule has 0 aliphatic carbocycles. The summed E-state index contributed by atoms with van der Waals surface area (Å²) in [5.41, 5.74) is 0.953. The first-order valence-electron chi connectivity index (χ1n) is 14.1. The van der Waals surface area contributed by atoms with Gasteiger partial charge in [0.25, 0.3) is 0 Å². The predicted molar refractivity (Wildman–Crippen MR) is 157 cm³/mol. The van der Waals surface area contributed by atoms with Crippen LogP contribution in [0.25, 0.3) is 33.4 Å². The molecule has 0 saturated heterocycles. The van der Waals surface area contributed by atoms with Gasteiger partial charge in [-0.25, -0.2) is 22.0 Å². The largest absolute Gasteiger partial charge is 0.429 e. The molecule has 0 atom stereocenters. The quantitative estimate of drug-likeness (QED) is 0.113. The molecule has 0 N–H and O–H groups in total. The Hall–Kier alpha value is -4.59. The second kappa shape index (κ2) is 13.0. The third kappa shape index (κ3) is 6.80. The third-order valence-corrected chi connectivity index (χ3v) is 7.32. The molecule has 0 saturated carbocycles. The fraction of sp³-hybridized carbons (Fsp3) is 0.167. The summed E-state index contributed by atoms with van der Waals surface area (Å²) in [6.07, 6.45) is 0.242. The standard InChI is InChI=1S/C36H27F7O/c1-2-3-4-5-22-6-8-23(9-7-22)25-12-16-29(31(38)18-25)36(42,43)44-28-14-10-24(11-15-28)27-20-33(40)35(34(41)21-27)26-13-17-30(37)32(39)19-26/h6-21H,2-5H2,1H3. The van der Waals surface area contributed by atoms with Gasteiger partial charge in [0.05, 0.1) is 11.1 Å². The smallest absolute Gasteiger partial charge is 0.429 e. The lowest BCUT2D eigenvalue weighted by molar-refractivity contribution is -0.187. The van der Waals surface area contributed by atoms with Crippen molar-refractivity contribution in [1.29, 1.82) is 0 Å². The highest BCUT2D eigenvalue weighted by Crippen LogP contribution is 2.37. The molecule has 0 radical (unpaired) electrons. The van der Waals surface area contributed by atoms with Crippen LogP contribution in [0.15, 0.2) is 97.1 Å². The summed E-state index contributed by atoms with van der Waals surface area (Å²) in [6.45, 7) is 2.13. The Morgan fingerprint density at radius 3 is 1.68 bits per heavy atom. The van der Waals surface area contributed by atoms with E-state index in [-0.39, 0.29) is 22.4 Å². The molecule has 8 heteroatoms. The minimum atomic E-state index is -4.02. The van der Waals surface area contributed by atoms with E-state index in [1.54, 1.807) is 0 Å². The molecule has 0 spiro atoms. The molecule has 0 aromatic heterocycles. The monoisotopic (exact) mass is 608 g/mol. The maximum absolute atomic E-state index is 15.0. The zero-order valence-corrected chi connectivity index (χ0v) is 23.6. The number of hydrogen-bond acceptors (Lipinski definition) is 1. The summed E-state index contributed by atoms with van der Waals surface area (Å²) in [4.78, 5) is 0. The van der Waals surface area contributed by atoms with Gasteiger partial charge in [0.2, 0.25) is 0 Å². The predicted octanol–water partition coefficient (Wildman–Crippen LogP) is 11.2. The van der Waals surface area contributed by atoms with E-state index in [1.165, 1.54) is 18.2 Å². The van der Waals surface area contributed by atoms with Crippen molar-refractivity contribution in [1.82, 2.24) is 0 Å². The highest BCUT2D eigenvalue weighted by Gasteiger charge is 2.37. The molecule has 0 amide bonds. The lowest BCUT2D eigenvalue weighted by Crippen LogP contribution is -2.23. The molecule has 5 aromatic carbocycles. The Kier molecular flexibility index (Phi) is 9.09. The third-order valence-electron chi connectivity index (χ3n) is 7.32. The van der Waals surface area contributed by atoms with E-state index in [0.717, 1.165) is 79.8 Å². The first-order valence-corrected chi connectivity index (χ1v) is 14.1. The fourth-order valence-electron chi connectivity index (χ4n) is 4.96.